The molecule has 2 fully saturated rings. The highest BCUT2D eigenvalue weighted by atomic mass is 127. The van der Waals surface area contributed by atoms with Crippen LogP contribution in [0.1, 0.15) is 19.3 Å². The van der Waals surface area contributed by atoms with E-state index in [0.29, 0.717) is 0 Å². The molecule has 8 heteroatoms. The molecule has 7 nitrogen and oxygen atoms in total. The van der Waals surface area contributed by atoms with Crippen molar-refractivity contribution < 1.29 is 0 Å². The Bertz CT molecular complexity index is 513. The minimum Gasteiger partial charge on any atom is -0.356 e. The Morgan fingerprint density at radius 2 is 1.88 bits per heavy atom. The topological polar surface area (TPSA) is 68.7 Å². The van der Waals surface area contributed by atoms with Crippen molar-refractivity contribution in [2.75, 3.05) is 57.8 Å². The molecule has 0 bridgehead atoms. The summed E-state index contributed by atoms with van der Waals surface area (Å²) in [5.41, 5.74) is 0. The van der Waals surface area contributed by atoms with Crippen LogP contribution >= 0.6 is 24.0 Å². The highest BCUT2D eigenvalue weighted by Crippen LogP contribution is 2.27. The number of nitrogens with one attached hydrogen (secondary N) is 2. The first kappa shape index (κ1) is 20.2. The predicted molar refractivity (Wildman–Crippen MR) is 113 cm³/mol. The maximum atomic E-state index is 4.33. The van der Waals surface area contributed by atoms with Crippen LogP contribution in [-0.4, -0.2) is 73.7 Å². The molecule has 1 aliphatic heterocycles. The molecule has 1 aromatic rings. The molecule has 140 valence electrons. The maximum Gasteiger partial charge on any atom is 0.225 e. The first-order valence-electron chi connectivity index (χ1n) is 9.04. The summed E-state index contributed by atoms with van der Waals surface area (Å²) >= 11 is 0. The van der Waals surface area contributed by atoms with Gasteiger partial charge in [0.15, 0.2) is 5.96 Å². The van der Waals surface area contributed by atoms with Crippen molar-refractivity contribution in [3.63, 3.8) is 0 Å². The summed E-state index contributed by atoms with van der Waals surface area (Å²) in [5.74, 6) is 2.66. The van der Waals surface area contributed by atoms with E-state index < -0.39 is 0 Å². The molecule has 1 saturated carbocycles. The molecule has 2 heterocycles. The van der Waals surface area contributed by atoms with Crippen LogP contribution in [0.4, 0.5) is 5.95 Å². The number of hydrogen-bond donors (Lipinski definition) is 2. The van der Waals surface area contributed by atoms with Crippen LogP contribution in [0.25, 0.3) is 0 Å². The normalized spacial score (nSPS) is 18.6. The lowest BCUT2D eigenvalue weighted by molar-refractivity contribution is 0.254. The lowest BCUT2D eigenvalue weighted by Gasteiger charge is -2.34. The van der Waals surface area contributed by atoms with Gasteiger partial charge in [-0.15, -0.1) is 24.0 Å². The molecule has 1 saturated heterocycles. The number of anilines is 1. The van der Waals surface area contributed by atoms with Crippen molar-refractivity contribution in [2.24, 2.45) is 10.9 Å². The van der Waals surface area contributed by atoms with E-state index in [-0.39, 0.29) is 24.0 Å². The molecule has 25 heavy (non-hydrogen) atoms. The van der Waals surface area contributed by atoms with Gasteiger partial charge in [0, 0.05) is 58.7 Å². The smallest absolute Gasteiger partial charge is 0.225 e. The maximum absolute atomic E-state index is 4.33. The Balaban J connectivity index is 0.00000225. The number of aromatic nitrogens is 2. The van der Waals surface area contributed by atoms with Crippen LogP contribution in [-0.2, 0) is 0 Å². The second kappa shape index (κ2) is 10.7. The van der Waals surface area contributed by atoms with E-state index >= 15 is 0 Å². The molecule has 1 aromatic heterocycles. The van der Waals surface area contributed by atoms with Gasteiger partial charge in [0.2, 0.25) is 5.95 Å². The molecule has 0 radical (unpaired) electrons. The van der Waals surface area contributed by atoms with Crippen LogP contribution in [0.5, 0.6) is 0 Å². The summed E-state index contributed by atoms with van der Waals surface area (Å²) in [7, 11) is 1.84. The highest BCUT2D eigenvalue weighted by molar-refractivity contribution is 14.0. The van der Waals surface area contributed by atoms with Crippen molar-refractivity contribution in [3.05, 3.63) is 18.5 Å². The second-order valence-electron chi connectivity index (χ2n) is 6.55. The van der Waals surface area contributed by atoms with Gasteiger partial charge in [-0.2, -0.15) is 0 Å². The third kappa shape index (κ3) is 6.93. The Morgan fingerprint density at radius 1 is 1.16 bits per heavy atom. The Hall–Kier alpha value is -1.16. The zero-order valence-electron chi connectivity index (χ0n) is 15.0. The number of rotatable bonds is 7. The monoisotopic (exact) mass is 459 g/mol. The van der Waals surface area contributed by atoms with Crippen molar-refractivity contribution >= 4 is 35.9 Å². The molecule has 2 aliphatic rings. The van der Waals surface area contributed by atoms with Gasteiger partial charge in [-0.25, -0.2) is 9.97 Å². The first-order valence-corrected chi connectivity index (χ1v) is 9.04. The van der Waals surface area contributed by atoms with Crippen LogP contribution in [0.2, 0.25) is 0 Å². The molecule has 2 N–H and O–H groups in total. The van der Waals surface area contributed by atoms with Gasteiger partial charge < -0.3 is 15.5 Å². The summed E-state index contributed by atoms with van der Waals surface area (Å²) in [4.78, 5) is 17.7. The summed E-state index contributed by atoms with van der Waals surface area (Å²) in [6.07, 6.45) is 7.48. The van der Waals surface area contributed by atoms with E-state index in [1.54, 1.807) is 0 Å². The lowest BCUT2D eigenvalue weighted by Crippen LogP contribution is -2.47. The van der Waals surface area contributed by atoms with Gasteiger partial charge in [-0.1, -0.05) is 0 Å². The molecule has 0 amide bonds. The van der Waals surface area contributed by atoms with Crippen molar-refractivity contribution in [1.82, 2.24) is 25.5 Å². The molecular formula is C17H30IN7. The van der Waals surface area contributed by atoms with Gasteiger partial charge in [0.05, 0.1) is 0 Å². The summed E-state index contributed by atoms with van der Waals surface area (Å²) in [6.45, 7) is 7.30. The molecule has 0 atom stereocenters. The first-order chi connectivity index (χ1) is 11.8. The number of piperazine rings is 1. The SMILES string of the molecule is CN=C(NCCCN1CCN(c2ncccn2)CC1)NCC1CC1.I. The molecule has 1 aliphatic carbocycles. The molecule has 3 rings (SSSR count). The zero-order valence-corrected chi connectivity index (χ0v) is 17.4. The zero-order chi connectivity index (χ0) is 16.6. The van der Waals surface area contributed by atoms with Crippen molar-refractivity contribution in [1.29, 1.82) is 0 Å². The summed E-state index contributed by atoms with van der Waals surface area (Å²) < 4.78 is 0. The standard InChI is InChI=1S/C17H29N7.HI/c1-18-16(22-14-15-4-5-15)19-8-3-9-23-10-12-24(13-11-23)17-20-6-2-7-21-17;/h2,6-7,15H,3-5,8-14H2,1H3,(H2,18,19,22);1H. The number of guanidine groups is 1. The van der Waals surface area contributed by atoms with Crippen LogP contribution in [0, 0.1) is 5.92 Å². The van der Waals surface area contributed by atoms with Crippen LogP contribution in [0.3, 0.4) is 0 Å². The minimum absolute atomic E-state index is 0. The van der Waals surface area contributed by atoms with Crippen molar-refractivity contribution in [3.8, 4) is 0 Å². The molecule has 0 aromatic carbocycles. The van der Waals surface area contributed by atoms with Crippen LogP contribution in [0.15, 0.2) is 23.5 Å². The highest BCUT2D eigenvalue weighted by Gasteiger charge is 2.21. The Kier molecular flexibility index (Phi) is 8.66. The minimum atomic E-state index is 0. The fraction of sp³-hybridized carbons (Fsp3) is 0.706. The third-order valence-corrected chi connectivity index (χ3v) is 4.63. The Morgan fingerprint density at radius 3 is 2.52 bits per heavy atom. The van der Waals surface area contributed by atoms with Gasteiger partial charge in [0.25, 0.3) is 0 Å². The fourth-order valence-corrected chi connectivity index (χ4v) is 2.92. The van der Waals surface area contributed by atoms with Gasteiger partial charge in [-0.05, 0) is 37.8 Å². The molecule has 0 unspecified atom stereocenters. The summed E-state index contributed by atoms with van der Waals surface area (Å²) in [5, 5.41) is 6.81. The predicted octanol–water partition coefficient (Wildman–Crippen LogP) is 1.18. The van der Waals surface area contributed by atoms with E-state index in [2.05, 4.69) is 35.4 Å². The molecular weight excluding hydrogens is 429 g/mol. The van der Waals surface area contributed by atoms with Gasteiger partial charge >= 0.3 is 0 Å². The van der Waals surface area contributed by atoms with Gasteiger partial charge in [-0.3, -0.25) is 9.89 Å². The van der Waals surface area contributed by atoms with Crippen LogP contribution < -0.4 is 15.5 Å². The number of hydrogen-bond acceptors (Lipinski definition) is 5. The van der Waals surface area contributed by atoms with E-state index in [4.69, 9.17) is 0 Å². The average molecular weight is 459 g/mol. The molecule has 0 spiro atoms. The number of aliphatic imine (C=N–C) groups is 1. The number of nitrogens with zero attached hydrogens (tertiary/aromatic N) is 5. The summed E-state index contributed by atoms with van der Waals surface area (Å²) in [6, 6.07) is 1.86. The van der Waals surface area contributed by atoms with E-state index in [0.717, 1.165) is 70.1 Å². The largest absolute Gasteiger partial charge is 0.356 e. The quantitative estimate of drug-likeness (QED) is 0.276. The van der Waals surface area contributed by atoms with E-state index in [1.165, 1.54) is 12.8 Å². The van der Waals surface area contributed by atoms with Crippen molar-refractivity contribution in [2.45, 2.75) is 19.3 Å². The average Bonchev–Trinajstić information content (AvgIpc) is 3.47. The van der Waals surface area contributed by atoms with E-state index in [9.17, 15) is 0 Å². The number of halogens is 1. The second-order valence-corrected chi connectivity index (χ2v) is 6.55. The third-order valence-electron chi connectivity index (χ3n) is 4.63. The fourth-order valence-electron chi connectivity index (χ4n) is 2.92. The van der Waals surface area contributed by atoms with E-state index in [1.807, 2.05) is 25.5 Å². The Labute approximate surface area is 167 Å². The van der Waals surface area contributed by atoms with Gasteiger partial charge in [0.1, 0.15) is 0 Å². The lowest BCUT2D eigenvalue weighted by atomic mass is 10.3.